The van der Waals surface area contributed by atoms with Gasteiger partial charge in [-0.15, -0.1) is 11.3 Å². The summed E-state index contributed by atoms with van der Waals surface area (Å²) in [6.45, 7) is 6.48. The highest BCUT2D eigenvalue weighted by Crippen LogP contribution is 2.30. The molecule has 2 amide bonds. The van der Waals surface area contributed by atoms with Crippen molar-refractivity contribution in [2.45, 2.75) is 33.6 Å². The molecule has 0 radical (unpaired) electrons. The third kappa shape index (κ3) is 4.30. The van der Waals surface area contributed by atoms with Crippen LogP contribution in [0.25, 0.3) is 0 Å². The Morgan fingerprint density at radius 1 is 1.50 bits per heavy atom. The average Bonchev–Trinajstić information content (AvgIpc) is 3.10. The van der Waals surface area contributed by atoms with Crippen molar-refractivity contribution in [2.75, 3.05) is 18.4 Å². The lowest BCUT2D eigenvalue weighted by Gasteiger charge is -2.23. The SMILES string of the molecule is Cc1cnc(NC(=O)CN(CC2CC2)C(=O)C(C)C)s1. The number of carbonyl (C=O) groups excluding carboxylic acids is 2. The largest absolute Gasteiger partial charge is 0.333 e. The van der Waals surface area contributed by atoms with E-state index in [1.807, 2.05) is 20.8 Å². The van der Waals surface area contributed by atoms with Crippen LogP contribution >= 0.6 is 11.3 Å². The molecule has 6 heteroatoms. The number of nitrogens with zero attached hydrogens (tertiary/aromatic N) is 2. The zero-order chi connectivity index (χ0) is 14.7. The lowest BCUT2D eigenvalue weighted by Crippen LogP contribution is -2.41. The molecule has 0 saturated heterocycles. The lowest BCUT2D eigenvalue weighted by atomic mass is 10.2. The van der Waals surface area contributed by atoms with Crippen molar-refractivity contribution in [3.8, 4) is 0 Å². The Morgan fingerprint density at radius 3 is 2.70 bits per heavy atom. The summed E-state index contributed by atoms with van der Waals surface area (Å²) in [5.74, 6) is 0.368. The summed E-state index contributed by atoms with van der Waals surface area (Å²) in [5, 5.41) is 3.35. The molecule has 0 bridgehead atoms. The van der Waals surface area contributed by atoms with Gasteiger partial charge in [0, 0.05) is 23.5 Å². The third-order valence-corrected chi connectivity index (χ3v) is 4.01. The maximum Gasteiger partial charge on any atom is 0.245 e. The predicted molar refractivity (Wildman–Crippen MR) is 79.6 cm³/mol. The first-order valence-corrected chi connectivity index (χ1v) is 7.78. The molecular formula is C14H21N3O2S. The zero-order valence-corrected chi connectivity index (χ0v) is 13.0. The number of aryl methyl sites for hydroxylation is 1. The number of thiazole rings is 1. The fraction of sp³-hybridized carbons (Fsp3) is 0.643. The monoisotopic (exact) mass is 295 g/mol. The molecule has 0 unspecified atom stereocenters. The van der Waals surface area contributed by atoms with Gasteiger partial charge < -0.3 is 10.2 Å². The van der Waals surface area contributed by atoms with Crippen molar-refractivity contribution >= 4 is 28.3 Å². The van der Waals surface area contributed by atoms with Crippen LogP contribution in [0.5, 0.6) is 0 Å². The second kappa shape index (κ2) is 6.35. The van der Waals surface area contributed by atoms with E-state index in [2.05, 4.69) is 10.3 Å². The Kier molecular flexibility index (Phi) is 4.75. The van der Waals surface area contributed by atoms with E-state index in [0.717, 1.165) is 17.7 Å². The van der Waals surface area contributed by atoms with E-state index in [4.69, 9.17) is 0 Å². The molecular weight excluding hydrogens is 274 g/mol. The fourth-order valence-electron chi connectivity index (χ4n) is 1.95. The molecule has 0 spiro atoms. The minimum absolute atomic E-state index is 0.0439. The molecule has 0 aliphatic heterocycles. The summed E-state index contributed by atoms with van der Waals surface area (Å²) in [4.78, 5) is 31.0. The Bertz CT molecular complexity index is 494. The molecule has 5 nitrogen and oxygen atoms in total. The molecule has 1 aromatic rings. The smallest absolute Gasteiger partial charge is 0.245 e. The molecule has 1 heterocycles. The van der Waals surface area contributed by atoms with Crippen molar-refractivity contribution in [2.24, 2.45) is 11.8 Å². The van der Waals surface area contributed by atoms with E-state index < -0.39 is 0 Å². The molecule has 0 aromatic carbocycles. The Labute approximate surface area is 123 Å². The van der Waals surface area contributed by atoms with Gasteiger partial charge in [-0.3, -0.25) is 9.59 Å². The highest BCUT2D eigenvalue weighted by Gasteiger charge is 2.29. The topological polar surface area (TPSA) is 62.3 Å². The van der Waals surface area contributed by atoms with E-state index in [1.165, 1.54) is 11.3 Å². The van der Waals surface area contributed by atoms with Crippen molar-refractivity contribution < 1.29 is 9.59 Å². The van der Waals surface area contributed by atoms with Crippen molar-refractivity contribution in [3.63, 3.8) is 0 Å². The highest BCUT2D eigenvalue weighted by atomic mass is 32.1. The van der Waals surface area contributed by atoms with E-state index in [0.29, 0.717) is 17.6 Å². The first-order chi connectivity index (χ1) is 9.45. The summed E-state index contributed by atoms with van der Waals surface area (Å²) < 4.78 is 0. The number of amides is 2. The number of aromatic nitrogens is 1. The van der Waals surface area contributed by atoms with Crippen LogP contribution in [0.3, 0.4) is 0 Å². The summed E-state index contributed by atoms with van der Waals surface area (Å²) in [7, 11) is 0. The Morgan fingerprint density at radius 2 is 2.20 bits per heavy atom. The average molecular weight is 295 g/mol. The van der Waals surface area contributed by atoms with Crippen LogP contribution < -0.4 is 5.32 Å². The van der Waals surface area contributed by atoms with Crippen molar-refractivity contribution in [1.82, 2.24) is 9.88 Å². The second-order valence-corrected chi connectivity index (χ2v) is 6.88. The predicted octanol–water partition coefficient (Wildman–Crippen LogP) is 2.28. The molecule has 1 N–H and O–H groups in total. The van der Waals surface area contributed by atoms with Gasteiger partial charge in [-0.05, 0) is 25.7 Å². The van der Waals surface area contributed by atoms with Crippen LogP contribution in [0, 0.1) is 18.8 Å². The van der Waals surface area contributed by atoms with Crippen LogP contribution in [-0.2, 0) is 9.59 Å². The van der Waals surface area contributed by atoms with Gasteiger partial charge in [-0.2, -0.15) is 0 Å². The molecule has 1 aliphatic rings. The number of anilines is 1. The minimum atomic E-state index is -0.172. The Balaban J connectivity index is 1.92. The van der Waals surface area contributed by atoms with Crippen LogP contribution in [0.4, 0.5) is 5.13 Å². The van der Waals surface area contributed by atoms with Gasteiger partial charge in [0.25, 0.3) is 0 Å². The lowest BCUT2D eigenvalue weighted by molar-refractivity contribution is -0.137. The molecule has 1 fully saturated rings. The van der Waals surface area contributed by atoms with E-state index >= 15 is 0 Å². The zero-order valence-electron chi connectivity index (χ0n) is 12.2. The Hall–Kier alpha value is -1.43. The minimum Gasteiger partial charge on any atom is -0.333 e. The normalized spacial score (nSPS) is 14.4. The first kappa shape index (κ1) is 15.0. The van der Waals surface area contributed by atoms with Gasteiger partial charge >= 0.3 is 0 Å². The van der Waals surface area contributed by atoms with Crippen molar-refractivity contribution in [3.05, 3.63) is 11.1 Å². The van der Waals surface area contributed by atoms with Crippen LogP contribution in [0.1, 0.15) is 31.6 Å². The first-order valence-electron chi connectivity index (χ1n) is 6.96. The summed E-state index contributed by atoms with van der Waals surface area (Å²) in [6.07, 6.45) is 4.05. The van der Waals surface area contributed by atoms with E-state index in [9.17, 15) is 9.59 Å². The number of carbonyl (C=O) groups is 2. The van der Waals surface area contributed by atoms with Gasteiger partial charge in [0.15, 0.2) is 5.13 Å². The van der Waals surface area contributed by atoms with Gasteiger partial charge in [-0.25, -0.2) is 4.98 Å². The molecule has 1 aromatic heterocycles. The molecule has 0 atom stereocenters. The third-order valence-electron chi connectivity index (χ3n) is 3.18. The number of hydrogen-bond donors (Lipinski definition) is 1. The molecule has 1 aliphatic carbocycles. The molecule has 110 valence electrons. The number of rotatable bonds is 6. The van der Waals surface area contributed by atoms with Gasteiger partial charge in [-0.1, -0.05) is 13.8 Å². The maximum atomic E-state index is 12.1. The standard InChI is InChI=1S/C14H21N3O2S/c1-9(2)13(19)17(7-11-4-5-11)8-12(18)16-14-15-6-10(3)20-14/h6,9,11H,4-5,7-8H2,1-3H3,(H,15,16,18). The van der Waals surface area contributed by atoms with Gasteiger partial charge in [0.05, 0.1) is 6.54 Å². The molecule has 20 heavy (non-hydrogen) atoms. The van der Waals surface area contributed by atoms with Gasteiger partial charge in [0.1, 0.15) is 0 Å². The van der Waals surface area contributed by atoms with E-state index in [-0.39, 0.29) is 24.3 Å². The molecule has 2 rings (SSSR count). The summed E-state index contributed by atoms with van der Waals surface area (Å²) in [6, 6.07) is 0. The van der Waals surface area contributed by atoms with E-state index in [1.54, 1.807) is 11.1 Å². The summed E-state index contributed by atoms with van der Waals surface area (Å²) >= 11 is 1.44. The van der Waals surface area contributed by atoms with Crippen LogP contribution in [-0.4, -0.2) is 34.8 Å². The second-order valence-electron chi connectivity index (χ2n) is 5.64. The highest BCUT2D eigenvalue weighted by molar-refractivity contribution is 7.15. The number of hydrogen-bond acceptors (Lipinski definition) is 4. The fourth-order valence-corrected chi connectivity index (χ4v) is 2.64. The van der Waals surface area contributed by atoms with Crippen molar-refractivity contribution in [1.29, 1.82) is 0 Å². The van der Waals surface area contributed by atoms with Crippen LogP contribution in [0.15, 0.2) is 6.20 Å². The number of nitrogens with one attached hydrogen (secondary N) is 1. The quantitative estimate of drug-likeness (QED) is 0.876. The maximum absolute atomic E-state index is 12.1. The van der Waals surface area contributed by atoms with Gasteiger partial charge in [0.2, 0.25) is 11.8 Å². The summed E-state index contributed by atoms with van der Waals surface area (Å²) in [5.41, 5.74) is 0. The van der Waals surface area contributed by atoms with Crippen LogP contribution in [0.2, 0.25) is 0 Å². The molecule has 1 saturated carbocycles.